The van der Waals surface area contributed by atoms with Crippen LogP contribution in [0.4, 0.5) is 0 Å². The van der Waals surface area contributed by atoms with Gasteiger partial charge in [-0.3, -0.25) is 4.79 Å². The SMILES string of the molecule is NCC1(c2ccc3[nH]c(=O)cnc3c2)CCC1. The summed E-state index contributed by atoms with van der Waals surface area (Å²) in [4.78, 5) is 18.1. The van der Waals surface area contributed by atoms with Crippen LogP contribution in [0.1, 0.15) is 24.8 Å². The van der Waals surface area contributed by atoms with Crippen LogP contribution in [-0.4, -0.2) is 16.5 Å². The summed E-state index contributed by atoms with van der Waals surface area (Å²) >= 11 is 0. The number of aromatic nitrogens is 2. The zero-order valence-electron chi connectivity index (χ0n) is 9.57. The maximum atomic E-state index is 11.2. The van der Waals surface area contributed by atoms with Crippen LogP contribution < -0.4 is 11.3 Å². The zero-order valence-corrected chi connectivity index (χ0v) is 9.57. The third-order valence-corrected chi connectivity index (χ3v) is 3.89. The van der Waals surface area contributed by atoms with Gasteiger partial charge in [-0.05, 0) is 30.5 Å². The van der Waals surface area contributed by atoms with Gasteiger partial charge < -0.3 is 10.7 Å². The van der Waals surface area contributed by atoms with Crippen molar-refractivity contribution in [3.8, 4) is 0 Å². The van der Waals surface area contributed by atoms with Crippen LogP contribution >= 0.6 is 0 Å². The quantitative estimate of drug-likeness (QED) is 0.815. The minimum absolute atomic E-state index is 0.145. The van der Waals surface area contributed by atoms with Gasteiger partial charge in [0.15, 0.2) is 0 Å². The van der Waals surface area contributed by atoms with Crippen molar-refractivity contribution in [3.05, 3.63) is 40.3 Å². The first-order chi connectivity index (χ1) is 8.23. The lowest BCUT2D eigenvalue weighted by atomic mass is 9.64. The van der Waals surface area contributed by atoms with Gasteiger partial charge in [-0.2, -0.15) is 0 Å². The summed E-state index contributed by atoms with van der Waals surface area (Å²) in [5.74, 6) is 0. The highest BCUT2D eigenvalue weighted by molar-refractivity contribution is 5.74. The van der Waals surface area contributed by atoms with E-state index in [-0.39, 0.29) is 11.0 Å². The van der Waals surface area contributed by atoms with Gasteiger partial charge in [-0.15, -0.1) is 0 Å². The van der Waals surface area contributed by atoms with E-state index in [1.807, 2.05) is 6.07 Å². The Bertz CT molecular complexity index is 608. The van der Waals surface area contributed by atoms with Crippen LogP contribution in [0.2, 0.25) is 0 Å². The first-order valence-electron chi connectivity index (χ1n) is 5.93. The lowest BCUT2D eigenvalue weighted by molar-refractivity contribution is 0.253. The molecule has 17 heavy (non-hydrogen) atoms. The topological polar surface area (TPSA) is 71.8 Å². The number of rotatable bonds is 2. The Balaban J connectivity index is 2.13. The summed E-state index contributed by atoms with van der Waals surface area (Å²) in [5.41, 5.74) is 8.74. The van der Waals surface area contributed by atoms with E-state index in [1.54, 1.807) is 0 Å². The van der Waals surface area contributed by atoms with E-state index in [2.05, 4.69) is 22.1 Å². The van der Waals surface area contributed by atoms with Crippen LogP contribution in [0.15, 0.2) is 29.2 Å². The molecule has 1 aliphatic carbocycles. The molecule has 0 spiro atoms. The Labute approximate surface area is 98.9 Å². The highest BCUT2D eigenvalue weighted by Crippen LogP contribution is 2.43. The van der Waals surface area contributed by atoms with E-state index in [9.17, 15) is 4.79 Å². The second kappa shape index (κ2) is 3.67. The van der Waals surface area contributed by atoms with E-state index in [0.29, 0.717) is 6.54 Å². The van der Waals surface area contributed by atoms with Crippen LogP contribution in [0.5, 0.6) is 0 Å². The second-order valence-electron chi connectivity index (χ2n) is 4.82. The monoisotopic (exact) mass is 229 g/mol. The Kier molecular flexibility index (Phi) is 2.26. The molecule has 3 rings (SSSR count). The Hall–Kier alpha value is -1.68. The minimum atomic E-state index is -0.164. The Morgan fingerprint density at radius 2 is 2.24 bits per heavy atom. The predicted octanol–water partition coefficient (Wildman–Crippen LogP) is 1.30. The normalized spacial score (nSPS) is 17.9. The molecule has 0 radical (unpaired) electrons. The number of nitrogens with zero attached hydrogens (tertiary/aromatic N) is 1. The van der Waals surface area contributed by atoms with Crippen molar-refractivity contribution >= 4 is 11.0 Å². The fourth-order valence-corrected chi connectivity index (χ4v) is 2.58. The van der Waals surface area contributed by atoms with Gasteiger partial charge in [-0.25, -0.2) is 4.98 Å². The molecule has 1 saturated carbocycles. The molecular formula is C13H15N3O. The van der Waals surface area contributed by atoms with Crippen LogP contribution in [0.25, 0.3) is 11.0 Å². The molecule has 3 N–H and O–H groups in total. The van der Waals surface area contributed by atoms with Crippen molar-refractivity contribution < 1.29 is 0 Å². The number of aromatic amines is 1. The van der Waals surface area contributed by atoms with Crippen molar-refractivity contribution in [2.45, 2.75) is 24.7 Å². The molecule has 1 aromatic heterocycles. The largest absolute Gasteiger partial charge is 0.330 e. The summed E-state index contributed by atoms with van der Waals surface area (Å²) in [6, 6.07) is 6.04. The van der Waals surface area contributed by atoms with Gasteiger partial charge in [0.05, 0.1) is 17.2 Å². The molecule has 0 saturated heterocycles. The van der Waals surface area contributed by atoms with Crippen molar-refractivity contribution in [1.82, 2.24) is 9.97 Å². The van der Waals surface area contributed by atoms with Gasteiger partial charge in [0, 0.05) is 12.0 Å². The molecule has 0 aliphatic heterocycles. The molecule has 4 nitrogen and oxygen atoms in total. The number of nitrogens with one attached hydrogen (secondary N) is 1. The number of fused-ring (bicyclic) bond motifs is 1. The maximum absolute atomic E-state index is 11.2. The Morgan fingerprint density at radius 3 is 2.88 bits per heavy atom. The molecule has 1 aliphatic rings. The molecule has 0 atom stereocenters. The highest BCUT2D eigenvalue weighted by Gasteiger charge is 2.37. The lowest BCUT2D eigenvalue weighted by Crippen LogP contribution is -2.41. The summed E-state index contributed by atoms with van der Waals surface area (Å²) in [6.45, 7) is 0.682. The molecule has 1 aromatic carbocycles. The smallest absolute Gasteiger partial charge is 0.266 e. The summed E-state index contributed by atoms with van der Waals surface area (Å²) in [7, 11) is 0. The molecule has 0 amide bonds. The van der Waals surface area contributed by atoms with Gasteiger partial charge in [-0.1, -0.05) is 12.5 Å². The molecule has 0 unspecified atom stereocenters. The highest BCUT2D eigenvalue weighted by atomic mass is 16.1. The molecule has 4 heteroatoms. The van der Waals surface area contributed by atoms with Gasteiger partial charge >= 0.3 is 0 Å². The molecular weight excluding hydrogens is 214 g/mol. The van der Waals surface area contributed by atoms with E-state index in [4.69, 9.17) is 5.73 Å². The number of hydrogen-bond donors (Lipinski definition) is 2. The summed E-state index contributed by atoms with van der Waals surface area (Å²) in [6.07, 6.45) is 4.87. The number of hydrogen-bond acceptors (Lipinski definition) is 3. The van der Waals surface area contributed by atoms with Crippen molar-refractivity contribution in [1.29, 1.82) is 0 Å². The van der Waals surface area contributed by atoms with E-state index >= 15 is 0 Å². The second-order valence-corrected chi connectivity index (χ2v) is 4.82. The van der Waals surface area contributed by atoms with Crippen LogP contribution in [0.3, 0.4) is 0 Å². The first kappa shape index (κ1) is 10.5. The van der Waals surface area contributed by atoms with Crippen LogP contribution in [0, 0.1) is 0 Å². The zero-order chi connectivity index (χ0) is 11.9. The lowest BCUT2D eigenvalue weighted by Gasteiger charge is -2.41. The molecule has 1 heterocycles. The van der Waals surface area contributed by atoms with E-state index in [0.717, 1.165) is 23.9 Å². The maximum Gasteiger partial charge on any atom is 0.266 e. The van der Waals surface area contributed by atoms with E-state index in [1.165, 1.54) is 18.2 Å². The Morgan fingerprint density at radius 1 is 1.41 bits per heavy atom. The third-order valence-electron chi connectivity index (χ3n) is 3.89. The predicted molar refractivity (Wildman–Crippen MR) is 66.9 cm³/mol. The minimum Gasteiger partial charge on any atom is -0.330 e. The molecule has 88 valence electrons. The molecule has 0 bridgehead atoms. The molecule has 2 aromatic rings. The van der Waals surface area contributed by atoms with Crippen molar-refractivity contribution in [3.63, 3.8) is 0 Å². The van der Waals surface area contributed by atoms with Crippen molar-refractivity contribution in [2.24, 2.45) is 5.73 Å². The summed E-state index contributed by atoms with van der Waals surface area (Å²) in [5, 5.41) is 0. The number of nitrogens with two attached hydrogens (primary N) is 1. The van der Waals surface area contributed by atoms with Gasteiger partial charge in [0.2, 0.25) is 0 Å². The average molecular weight is 229 g/mol. The van der Waals surface area contributed by atoms with Gasteiger partial charge in [0.1, 0.15) is 0 Å². The third kappa shape index (κ3) is 1.56. The first-order valence-corrected chi connectivity index (χ1v) is 5.93. The fourth-order valence-electron chi connectivity index (χ4n) is 2.58. The summed E-state index contributed by atoms with van der Waals surface area (Å²) < 4.78 is 0. The average Bonchev–Trinajstić information content (AvgIpc) is 2.28. The van der Waals surface area contributed by atoms with Crippen molar-refractivity contribution in [2.75, 3.05) is 6.54 Å². The van der Waals surface area contributed by atoms with Gasteiger partial charge in [0.25, 0.3) is 5.56 Å². The van der Waals surface area contributed by atoms with Crippen LogP contribution in [-0.2, 0) is 5.41 Å². The number of benzene rings is 1. The fraction of sp³-hybridized carbons (Fsp3) is 0.385. The molecule has 1 fully saturated rings. The number of H-pyrrole nitrogens is 1. The standard InChI is InChI=1S/C13H15N3O/c14-8-13(4-1-5-13)9-2-3-10-11(6-9)15-7-12(17)16-10/h2-3,6-7H,1,4-5,8,14H2,(H,16,17). The van der Waals surface area contributed by atoms with E-state index < -0.39 is 0 Å².